The number of likely N-dealkylation sites (tertiary alicyclic amines) is 1. The van der Waals surface area contributed by atoms with Crippen LogP contribution in [-0.2, 0) is 9.59 Å². The lowest BCUT2D eigenvalue weighted by atomic mass is 9.89. The van der Waals surface area contributed by atoms with Crippen molar-refractivity contribution in [3.63, 3.8) is 0 Å². The number of amides is 3. The second kappa shape index (κ2) is 9.96. The van der Waals surface area contributed by atoms with Gasteiger partial charge in [0.1, 0.15) is 0 Å². The lowest BCUT2D eigenvalue weighted by molar-refractivity contribution is -0.145. The molecule has 0 aromatic carbocycles. The summed E-state index contributed by atoms with van der Waals surface area (Å²) in [4.78, 5) is 42.1. The first-order chi connectivity index (χ1) is 14.1. The van der Waals surface area contributed by atoms with Crippen molar-refractivity contribution in [1.82, 2.24) is 9.88 Å². The fourth-order valence-corrected chi connectivity index (χ4v) is 3.18. The summed E-state index contributed by atoms with van der Waals surface area (Å²) in [6.07, 6.45) is 7.42. The SMILES string of the molecule is C=C(/C=C\C(C)=C(/C)F)[C@@H]1CC[C@@H](C)CN1C(=O)C(=O)Nc1cncc(C(N)=O)c1. The van der Waals surface area contributed by atoms with Crippen LogP contribution in [0.15, 0.2) is 54.2 Å². The topological polar surface area (TPSA) is 105 Å². The molecule has 0 radical (unpaired) electrons. The van der Waals surface area contributed by atoms with Crippen LogP contribution in [0.5, 0.6) is 0 Å². The normalized spacial score (nSPS) is 19.9. The van der Waals surface area contributed by atoms with Gasteiger partial charge in [0.15, 0.2) is 0 Å². The monoisotopic (exact) mass is 414 g/mol. The smallest absolute Gasteiger partial charge is 0.313 e. The molecule has 1 aromatic rings. The number of allylic oxidation sites excluding steroid dienone is 3. The van der Waals surface area contributed by atoms with Crippen molar-refractivity contribution in [1.29, 1.82) is 0 Å². The number of nitrogens with one attached hydrogen (secondary N) is 1. The molecule has 1 saturated heterocycles. The molecule has 0 spiro atoms. The number of nitrogens with zero attached hydrogens (tertiary/aromatic N) is 2. The molecule has 2 atom stereocenters. The van der Waals surface area contributed by atoms with Crippen molar-refractivity contribution in [3.05, 3.63) is 59.7 Å². The number of hydrogen-bond acceptors (Lipinski definition) is 4. The highest BCUT2D eigenvalue weighted by Crippen LogP contribution is 2.27. The third-order valence-electron chi connectivity index (χ3n) is 5.07. The maximum absolute atomic E-state index is 13.3. The Kier molecular flexibility index (Phi) is 7.63. The lowest BCUT2D eigenvalue weighted by Gasteiger charge is -2.38. The molecule has 2 heterocycles. The van der Waals surface area contributed by atoms with Crippen molar-refractivity contribution in [2.45, 2.75) is 39.7 Å². The Balaban J connectivity index is 2.18. The summed E-state index contributed by atoms with van der Waals surface area (Å²) in [6.45, 7) is 9.45. The van der Waals surface area contributed by atoms with Crippen LogP contribution in [0.1, 0.15) is 44.0 Å². The summed E-state index contributed by atoms with van der Waals surface area (Å²) >= 11 is 0. The number of carbonyl (C=O) groups excluding carboxylic acids is 3. The predicted octanol–water partition coefficient (Wildman–Crippen LogP) is 3.12. The number of primary amides is 1. The van der Waals surface area contributed by atoms with Gasteiger partial charge in [-0.15, -0.1) is 0 Å². The number of pyridine rings is 1. The Labute approximate surface area is 175 Å². The van der Waals surface area contributed by atoms with E-state index in [9.17, 15) is 18.8 Å². The quantitative estimate of drug-likeness (QED) is 0.570. The minimum Gasteiger partial charge on any atom is -0.366 e. The van der Waals surface area contributed by atoms with E-state index in [4.69, 9.17) is 5.73 Å². The van der Waals surface area contributed by atoms with Crippen LogP contribution in [0.3, 0.4) is 0 Å². The first-order valence-electron chi connectivity index (χ1n) is 9.66. The molecule has 1 aliphatic rings. The van der Waals surface area contributed by atoms with E-state index in [-0.39, 0.29) is 29.0 Å². The highest BCUT2D eigenvalue weighted by atomic mass is 19.1. The van der Waals surface area contributed by atoms with Crippen LogP contribution >= 0.6 is 0 Å². The summed E-state index contributed by atoms with van der Waals surface area (Å²) in [5, 5.41) is 2.47. The van der Waals surface area contributed by atoms with E-state index in [1.165, 1.54) is 30.3 Å². The Morgan fingerprint density at radius 1 is 1.27 bits per heavy atom. The van der Waals surface area contributed by atoms with E-state index in [1.807, 2.05) is 6.92 Å². The van der Waals surface area contributed by atoms with Crippen LogP contribution < -0.4 is 11.1 Å². The number of aromatic nitrogens is 1. The third-order valence-corrected chi connectivity index (χ3v) is 5.07. The summed E-state index contributed by atoms with van der Waals surface area (Å²) in [5.41, 5.74) is 6.63. The maximum atomic E-state index is 13.3. The van der Waals surface area contributed by atoms with Gasteiger partial charge in [-0.05, 0) is 49.8 Å². The molecule has 0 bridgehead atoms. The van der Waals surface area contributed by atoms with Gasteiger partial charge in [0.25, 0.3) is 0 Å². The number of hydrogen-bond donors (Lipinski definition) is 2. The molecule has 8 heteroatoms. The van der Waals surface area contributed by atoms with Gasteiger partial charge >= 0.3 is 11.8 Å². The highest BCUT2D eigenvalue weighted by Gasteiger charge is 2.34. The molecule has 1 aromatic heterocycles. The first-order valence-corrected chi connectivity index (χ1v) is 9.66. The van der Waals surface area contributed by atoms with Crippen LogP contribution in [0, 0.1) is 5.92 Å². The highest BCUT2D eigenvalue weighted by molar-refractivity contribution is 6.39. The molecule has 7 nitrogen and oxygen atoms in total. The van der Waals surface area contributed by atoms with Gasteiger partial charge in [0.05, 0.1) is 29.3 Å². The number of anilines is 1. The van der Waals surface area contributed by atoms with Crippen molar-refractivity contribution >= 4 is 23.4 Å². The minimum absolute atomic E-state index is 0.120. The molecule has 0 saturated carbocycles. The second-order valence-electron chi connectivity index (χ2n) is 7.56. The fraction of sp³-hybridized carbons (Fsp3) is 0.364. The Bertz CT molecular complexity index is 919. The molecule has 160 valence electrons. The van der Waals surface area contributed by atoms with Crippen molar-refractivity contribution in [2.75, 3.05) is 11.9 Å². The standard InChI is InChI=1S/C22H27FN4O3/c1-13-5-8-19(15(3)7-6-14(2)16(4)23)27(12-13)22(30)21(29)26-18-9-17(20(24)28)10-25-11-18/h6-7,9-11,13,19H,3,5,8,12H2,1-2,4H3,(H2,24,28)(H,26,29)/b7-6-,16-14+/t13-,19+/m1/s1. The van der Waals surface area contributed by atoms with Gasteiger partial charge in [-0.25, -0.2) is 4.39 Å². The molecule has 0 unspecified atom stereocenters. The van der Waals surface area contributed by atoms with Gasteiger partial charge in [-0.1, -0.05) is 25.7 Å². The van der Waals surface area contributed by atoms with Crippen molar-refractivity contribution in [2.24, 2.45) is 11.7 Å². The molecular weight excluding hydrogens is 387 g/mol. The van der Waals surface area contributed by atoms with Gasteiger partial charge in [0, 0.05) is 12.7 Å². The molecule has 1 aliphatic heterocycles. The lowest BCUT2D eigenvalue weighted by Crippen LogP contribution is -2.50. The molecule has 2 rings (SSSR count). The molecule has 0 aliphatic carbocycles. The second-order valence-corrected chi connectivity index (χ2v) is 7.56. The van der Waals surface area contributed by atoms with Crippen molar-refractivity contribution in [3.8, 4) is 0 Å². The van der Waals surface area contributed by atoms with Crippen molar-refractivity contribution < 1.29 is 18.8 Å². The zero-order chi connectivity index (χ0) is 22.4. The van der Waals surface area contributed by atoms with Crippen LogP contribution in [0.4, 0.5) is 10.1 Å². The zero-order valence-corrected chi connectivity index (χ0v) is 17.4. The maximum Gasteiger partial charge on any atom is 0.313 e. The number of nitrogens with two attached hydrogens (primary N) is 1. The molecular formula is C22H27FN4O3. The number of carbonyl (C=O) groups is 3. The Morgan fingerprint density at radius 2 is 1.97 bits per heavy atom. The van der Waals surface area contributed by atoms with Gasteiger partial charge < -0.3 is 16.0 Å². The largest absolute Gasteiger partial charge is 0.366 e. The first kappa shape index (κ1) is 23.0. The Hall–Kier alpha value is -3.29. The molecule has 3 N–H and O–H groups in total. The van der Waals surface area contributed by atoms with Gasteiger partial charge in [0.2, 0.25) is 5.91 Å². The average Bonchev–Trinajstić information content (AvgIpc) is 2.71. The predicted molar refractivity (Wildman–Crippen MR) is 113 cm³/mol. The van der Waals surface area contributed by atoms with Gasteiger partial charge in [-0.2, -0.15) is 0 Å². The molecule has 1 fully saturated rings. The zero-order valence-electron chi connectivity index (χ0n) is 17.4. The average molecular weight is 414 g/mol. The van der Waals surface area contributed by atoms with E-state index in [2.05, 4.69) is 16.9 Å². The third kappa shape index (κ3) is 5.85. The van der Waals surface area contributed by atoms with E-state index < -0.39 is 17.7 Å². The van der Waals surface area contributed by atoms with E-state index >= 15 is 0 Å². The summed E-state index contributed by atoms with van der Waals surface area (Å²) in [5.74, 6) is -2.31. The van der Waals surface area contributed by atoms with Crippen LogP contribution in [0.25, 0.3) is 0 Å². The number of halogens is 1. The molecule has 3 amide bonds. The van der Waals surface area contributed by atoms with E-state index in [1.54, 1.807) is 19.1 Å². The van der Waals surface area contributed by atoms with Crippen LogP contribution in [-0.4, -0.2) is 40.2 Å². The summed E-state index contributed by atoms with van der Waals surface area (Å²) < 4.78 is 13.3. The number of piperidine rings is 1. The van der Waals surface area contributed by atoms with E-state index in [0.717, 1.165) is 6.42 Å². The molecule has 30 heavy (non-hydrogen) atoms. The Morgan fingerprint density at radius 3 is 2.60 bits per heavy atom. The van der Waals surface area contributed by atoms with Crippen LogP contribution in [0.2, 0.25) is 0 Å². The number of rotatable bonds is 5. The summed E-state index contributed by atoms with van der Waals surface area (Å²) in [7, 11) is 0. The minimum atomic E-state index is -0.843. The van der Waals surface area contributed by atoms with Gasteiger partial charge in [-0.3, -0.25) is 19.4 Å². The van der Waals surface area contributed by atoms with E-state index in [0.29, 0.717) is 24.1 Å². The fourth-order valence-electron chi connectivity index (χ4n) is 3.18. The summed E-state index contributed by atoms with van der Waals surface area (Å²) in [6, 6.07) is 0.992.